The van der Waals surface area contributed by atoms with E-state index in [1.165, 1.54) is 0 Å². The topological polar surface area (TPSA) is 46.5 Å². The van der Waals surface area contributed by atoms with Crippen molar-refractivity contribution < 1.29 is 23.4 Å². The molecule has 2 aromatic carbocycles. The fourth-order valence-electron chi connectivity index (χ4n) is 7.17. The fourth-order valence-corrected chi connectivity index (χ4v) is 7.17. The molecule has 2 aromatic rings. The van der Waals surface area contributed by atoms with Gasteiger partial charge < -0.3 is 9.84 Å². The molecule has 1 unspecified atom stereocenters. The summed E-state index contributed by atoms with van der Waals surface area (Å²) in [6.45, 7) is 7.61. The molecule has 0 aromatic heterocycles. The lowest BCUT2D eigenvalue weighted by Crippen LogP contribution is -2.23. The predicted molar refractivity (Wildman–Crippen MR) is 166 cm³/mol. The number of hydrogen-bond donors (Lipinski definition) is 1. The summed E-state index contributed by atoms with van der Waals surface area (Å²) in [7, 11) is 0. The van der Waals surface area contributed by atoms with Gasteiger partial charge in [-0.1, -0.05) is 50.6 Å². The standard InChI is InChI=1S/C37H50F2O3/c1-4-5-6-7-31-16-17-32(21-35(31)38)29-12-14-30(15-13-29)34-19-18-33(22-36(34)39)28-10-8-26(9-11-28)20-27(23-40)24-42-37(41)25(2)3/h16-19,21-22,26-30,40H,2,4-15,20,23-24H2,1,3H3. The molecule has 2 saturated carbocycles. The number of esters is 1. The summed E-state index contributed by atoms with van der Waals surface area (Å²) in [6, 6.07) is 11.8. The van der Waals surface area contributed by atoms with E-state index in [1.54, 1.807) is 19.1 Å². The third-order valence-corrected chi connectivity index (χ3v) is 9.83. The fraction of sp³-hybridized carbons (Fsp3) is 0.595. The molecular weight excluding hydrogens is 530 g/mol. The molecule has 0 spiro atoms. The lowest BCUT2D eigenvalue weighted by atomic mass is 9.74. The van der Waals surface area contributed by atoms with Crippen LogP contribution in [0, 0.1) is 23.5 Å². The van der Waals surface area contributed by atoms with E-state index < -0.39 is 5.97 Å². The molecule has 0 aliphatic heterocycles. The summed E-state index contributed by atoms with van der Waals surface area (Å²) in [5.74, 6) is 0.782. The van der Waals surface area contributed by atoms with E-state index >= 15 is 4.39 Å². The van der Waals surface area contributed by atoms with E-state index in [9.17, 15) is 14.3 Å². The van der Waals surface area contributed by atoms with Gasteiger partial charge in [-0.2, -0.15) is 0 Å². The summed E-state index contributed by atoms with van der Waals surface area (Å²) < 4.78 is 35.4. The first-order valence-electron chi connectivity index (χ1n) is 16.3. The number of aliphatic hydroxyl groups is 1. The van der Waals surface area contributed by atoms with Crippen molar-refractivity contribution in [1.29, 1.82) is 0 Å². The first-order valence-corrected chi connectivity index (χ1v) is 16.3. The van der Waals surface area contributed by atoms with Gasteiger partial charge in [0.25, 0.3) is 0 Å². The Kier molecular flexibility index (Phi) is 12.2. The maximum atomic E-state index is 15.4. The maximum absolute atomic E-state index is 15.4. The highest BCUT2D eigenvalue weighted by molar-refractivity contribution is 5.86. The number of aliphatic hydroxyl groups excluding tert-OH is 1. The second kappa shape index (κ2) is 15.8. The van der Waals surface area contributed by atoms with Crippen LogP contribution in [-0.4, -0.2) is 24.3 Å². The molecule has 1 N–H and O–H groups in total. The van der Waals surface area contributed by atoms with E-state index in [1.807, 2.05) is 12.1 Å². The Morgan fingerprint density at radius 2 is 1.50 bits per heavy atom. The van der Waals surface area contributed by atoms with Crippen molar-refractivity contribution in [1.82, 2.24) is 0 Å². The minimum Gasteiger partial charge on any atom is -0.462 e. The molecule has 0 radical (unpaired) electrons. The van der Waals surface area contributed by atoms with E-state index in [0.717, 1.165) is 106 Å². The highest BCUT2D eigenvalue weighted by atomic mass is 19.1. The number of aryl methyl sites for hydroxylation is 1. The molecule has 5 heteroatoms. The van der Waals surface area contributed by atoms with Crippen molar-refractivity contribution >= 4 is 5.97 Å². The highest BCUT2D eigenvalue weighted by Gasteiger charge is 2.28. The molecule has 230 valence electrons. The molecule has 1 atom stereocenters. The normalized spacial score (nSPS) is 23.4. The molecule has 42 heavy (non-hydrogen) atoms. The summed E-state index contributed by atoms with van der Waals surface area (Å²) in [5, 5.41) is 9.76. The number of benzene rings is 2. The van der Waals surface area contributed by atoms with Crippen molar-refractivity contribution in [3.63, 3.8) is 0 Å². The largest absolute Gasteiger partial charge is 0.462 e. The molecule has 4 rings (SSSR count). The second-order valence-corrected chi connectivity index (χ2v) is 13.0. The van der Waals surface area contributed by atoms with Crippen molar-refractivity contribution in [2.45, 2.75) is 115 Å². The zero-order valence-corrected chi connectivity index (χ0v) is 25.7. The number of carbonyl (C=O) groups is 1. The Bertz CT molecular complexity index is 1180. The van der Waals surface area contributed by atoms with Crippen LogP contribution >= 0.6 is 0 Å². The number of ether oxygens (including phenoxy) is 1. The average Bonchev–Trinajstić information content (AvgIpc) is 3.00. The lowest BCUT2D eigenvalue weighted by Gasteiger charge is -2.32. The molecule has 2 aliphatic carbocycles. The molecular formula is C37H50F2O3. The van der Waals surface area contributed by atoms with Crippen molar-refractivity contribution in [2.75, 3.05) is 13.2 Å². The smallest absolute Gasteiger partial charge is 0.333 e. The first-order chi connectivity index (χ1) is 20.3. The summed E-state index contributed by atoms with van der Waals surface area (Å²) >= 11 is 0. The second-order valence-electron chi connectivity index (χ2n) is 13.0. The minimum absolute atomic E-state index is 0.000275. The van der Waals surface area contributed by atoms with Gasteiger partial charge in [0.2, 0.25) is 0 Å². The molecule has 2 aliphatic rings. The quantitative estimate of drug-likeness (QED) is 0.146. The Balaban J connectivity index is 1.25. The van der Waals surface area contributed by atoms with Gasteiger partial charge in [-0.15, -0.1) is 0 Å². The van der Waals surface area contributed by atoms with Crippen molar-refractivity contribution in [3.05, 3.63) is 82.4 Å². The summed E-state index contributed by atoms with van der Waals surface area (Å²) in [5.41, 5.74) is 4.21. The third kappa shape index (κ3) is 8.75. The molecule has 0 bridgehead atoms. The number of hydrogen-bond acceptors (Lipinski definition) is 3. The van der Waals surface area contributed by atoms with Gasteiger partial charge in [-0.3, -0.25) is 0 Å². The van der Waals surface area contributed by atoms with Gasteiger partial charge in [0.15, 0.2) is 0 Å². The average molecular weight is 581 g/mol. The van der Waals surface area contributed by atoms with Crippen LogP contribution in [0.1, 0.15) is 131 Å². The van der Waals surface area contributed by atoms with E-state index in [4.69, 9.17) is 4.74 Å². The Labute approximate surface area is 251 Å². The zero-order chi connectivity index (χ0) is 30.1. The van der Waals surface area contributed by atoms with Crippen LogP contribution in [0.25, 0.3) is 0 Å². The Hall–Kier alpha value is -2.53. The SMILES string of the molecule is C=C(C)C(=O)OCC(CO)CC1CCC(c2ccc(C3CCC(c4ccc(CCCCC)c(F)c4)CC3)c(F)c2)CC1. The van der Waals surface area contributed by atoms with Crippen molar-refractivity contribution in [2.24, 2.45) is 11.8 Å². The lowest BCUT2D eigenvalue weighted by molar-refractivity contribution is -0.140. The molecule has 0 heterocycles. The van der Waals surface area contributed by atoms with Crippen LogP contribution < -0.4 is 0 Å². The van der Waals surface area contributed by atoms with Gasteiger partial charge in [-0.25, -0.2) is 13.6 Å². The van der Waals surface area contributed by atoms with Gasteiger partial charge in [0.05, 0.1) is 6.61 Å². The molecule has 0 saturated heterocycles. The van der Waals surface area contributed by atoms with Crippen LogP contribution in [0.2, 0.25) is 0 Å². The zero-order valence-electron chi connectivity index (χ0n) is 25.7. The van der Waals surface area contributed by atoms with Crippen molar-refractivity contribution in [3.8, 4) is 0 Å². The van der Waals surface area contributed by atoms with Gasteiger partial charge in [0.1, 0.15) is 11.6 Å². The van der Waals surface area contributed by atoms with Crippen LogP contribution in [0.5, 0.6) is 0 Å². The van der Waals surface area contributed by atoms with Gasteiger partial charge in [0, 0.05) is 18.1 Å². The summed E-state index contributed by atoms with van der Waals surface area (Å²) in [4.78, 5) is 11.7. The monoisotopic (exact) mass is 580 g/mol. The van der Waals surface area contributed by atoms with Crippen LogP contribution in [0.3, 0.4) is 0 Å². The van der Waals surface area contributed by atoms with E-state index in [-0.39, 0.29) is 36.7 Å². The minimum atomic E-state index is -0.408. The number of unbranched alkanes of at least 4 members (excludes halogenated alkanes) is 2. The molecule has 3 nitrogen and oxygen atoms in total. The maximum Gasteiger partial charge on any atom is 0.333 e. The highest BCUT2D eigenvalue weighted by Crippen LogP contribution is 2.43. The number of halogens is 2. The van der Waals surface area contributed by atoms with Gasteiger partial charge >= 0.3 is 5.97 Å². The van der Waals surface area contributed by atoms with Crippen LogP contribution in [0.15, 0.2) is 48.6 Å². The molecule has 2 fully saturated rings. The van der Waals surface area contributed by atoms with Crippen LogP contribution in [-0.2, 0) is 16.0 Å². The van der Waals surface area contributed by atoms with Crippen LogP contribution in [0.4, 0.5) is 8.78 Å². The third-order valence-electron chi connectivity index (χ3n) is 9.83. The predicted octanol–water partition coefficient (Wildman–Crippen LogP) is 9.53. The molecule has 0 amide bonds. The van der Waals surface area contributed by atoms with Gasteiger partial charge in [-0.05, 0) is 136 Å². The number of rotatable bonds is 13. The Morgan fingerprint density at radius 1 is 0.905 bits per heavy atom. The van der Waals surface area contributed by atoms with E-state index in [2.05, 4.69) is 25.6 Å². The van der Waals surface area contributed by atoms with E-state index in [0.29, 0.717) is 23.3 Å². The Morgan fingerprint density at radius 3 is 2.07 bits per heavy atom. The number of carbonyl (C=O) groups excluding carboxylic acids is 1. The first kappa shape index (κ1) is 32.4. The summed E-state index contributed by atoms with van der Waals surface area (Å²) in [6.07, 6.45) is 12.8.